The number of rotatable bonds is 11. The second kappa shape index (κ2) is 12.2. The summed E-state index contributed by atoms with van der Waals surface area (Å²) in [4.78, 5) is 6.60. The topological polar surface area (TPSA) is 69.2 Å². The molecule has 0 radical (unpaired) electrons. The van der Waals surface area contributed by atoms with E-state index in [4.69, 9.17) is 15.6 Å². The molecule has 190 valence electrons. The Kier molecular flexibility index (Phi) is 8.73. The van der Waals surface area contributed by atoms with Crippen molar-refractivity contribution in [3.05, 3.63) is 78.8 Å². The Morgan fingerprint density at radius 1 is 1.08 bits per heavy atom. The molecular formula is C30H39N5O. The fourth-order valence-electron chi connectivity index (χ4n) is 4.67. The van der Waals surface area contributed by atoms with E-state index in [1.54, 1.807) is 0 Å². The van der Waals surface area contributed by atoms with Gasteiger partial charge < -0.3 is 10.5 Å². The molecule has 3 aromatic rings. The monoisotopic (exact) mass is 485 g/mol. The molecule has 0 saturated heterocycles. The van der Waals surface area contributed by atoms with Gasteiger partial charge in [-0.2, -0.15) is 5.10 Å². The molecule has 0 saturated carbocycles. The van der Waals surface area contributed by atoms with Crippen LogP contribution in [0.1, 0.15) is 32.9 Å². The predicted molar refractivity (Wildman–Crippen MR) is 148 cm³/mol. The molecular weight excluding hydrogens is 446 g/mol. The zero-order chi connectivity index (χ0) is 25.5. The van der Waals surface area contributed by atoms with E-state index in [1.807, 2.05) is 30.6 Å². The van der Waals surface area contributed by atoms with Gasteiger partial charge in [-0.15, -0.1) is 0 Å². The number of ether oxygens (including phenoxy) is 1. The Morgan fingerprint density at radius 2 is 1.83 bits per heavy atom. The van der Waals surface area contributed by atoms with Crippen LogP contribution in [-0.4, -0.2) is 45.9 Å². The first-order chi connectivity index (χ1) is 17.5. The lowest BCUT2D eigenvalue weighted by atomic mass is 9.98. The van der Waals surface area contributed by atoms with Crippen LogP contribution in [0.3, 0.4) is 0 Å². The molecule has 6 heteroatoms. The van der Waals surface area contributed by atoms with Crippen molar-refractivity contribution < 1.29 is 4.74 Å². The first kappa shape index (κ1) is 25.9. The minimum absolute atomic E-state index is 0.424. The molecule has 2 N–H and O–H groups in total. The van der Waals surface area contributed by atoms with E-state index in [2.05, 4.69) is 72.3 Å². The van der Waals surface area contributed by atoms with Crippen molar-refractivity contribution in [1.29, 1.82) is 0 Å². The smallest absolute Gasteiger partial charge is 0.119 e. The predicted octanol–water partition coefficient (Wildman–Crippen LogP) is 5.56. The first-order valence-corrected chi connectivity index (χ1v) is 13.0. The van der Waals surface area contributed by atoms with Crippen LogP contribution in [0.25, 0.3) is 22.4 Å². The average molecular weight is 486 g/mol. The Morgan fingerprint density at radius 3 is 2.50 bits per heavy atom. The molecule has 3 heterocycles. The molecule has 6 nitrogen and oxygen atoms in total. The zero-order valence-electron chi connectivity index (χ0n) is 21.9. The third-order valence-electron chi connectivity index (χ3n) is 6.79. The number of fused-ring (bicyclic) bond motifs is 1. The number of nitrogens with two attached hydrogens (primary N) is 1. The van der Waals surface area contributed by atoms with E-state index in [-0.39, 0.29) is 0 Å². The van der Waals surface area contributed by atoms with E-state index < -0.39 is 0 Å². The van der Waals surface area contributed by atoms with Gasteiger partial charge in [-0.1, -0.05) is 57.2 Å². The molecule has 0 bridgehead atoms. The third-order valence-corrected chi connectivity index (χ3v) is 6.79. The molecule has 0 aliphatic carbocycles. The second-order valence-electron chi connectivity index (χ2n) is 9.93. The van der Waals surface area contributed by atoms with Crippen LogP contribution in [0.5, 0.6) is 5.75 Å². The summed E-state index contributed by atoms with van der Waals surface area (Å²) in [7, 11) is 0. The highest BCUT2D eigenvalue weighted by molar-refractivity contribution is 5.83. The highest BCUT2D eigenvalue weighted by atomic mass is 16.5. The lowest BCUT2D eigenvalue weighted by Gasteiger charge is -2.27. The number of nitrogens with zero attached hydrogens (tertiary/aromatic N) is 4. The van der Waals surface area contributed by atoms with Crippen LogP contribution in [-0.2, 0) is 13.1 Å². The number of aromatic nitrogens is 3. The quantitative estimate of drug-likeness (QED) is 0.360. The summed E-state index contributed by atoms with van der Waals surface area (Å²) in [5.41, 5.74) is 12.8. The van der Waals surface area contributed by atoms with Crippen molar-refractivity contribution in [1.82, 2.24) is 19.7 Å². The van der Waals surface area contributed by atoms with Crippen LogP contribution >= 0.6 is 0 Å². The summed E-state index contributed by atoms with van der Waals surface area (Å²) < 4.78 is 8.30. The molecule has 1 aromatic carbocycles. The molecule has 2 aromatic heterocycles. The standard InChI is InChI=1S/C30H39N5O/c1-5-24(22(2)3)7-6-23(4)21-36-27-10-8-25(9-11-27)29-28-20-34(17-14-31)18-19-35(28)33-30(29)26-12-15-32-16-13-26/h5,7-13,15-16,22-23H,1,6,14,17-21,31H2,2-4H3/b24-7+. The van der Waals surface area contributed by atoms with E-state index in [0.717, 1.165) is 55.2 Å². The van der Waals surface area contributed by atoms with Crippen molar-refractivity contribution >= 4 is 0 Å². The summed E-state index contributed by atoms with van der Waals surface area (Å²) in [5.74, 6) is 1.81. The molecule has 0 amide bonds. The van der Waals surface area contributed by atoms with Gasteiger partial charge in [-0.3, -0.25) is 14.6 Å². The Hall–Kier alpha value is -3.22. The second-order valence-corrected chi connectivity index (χ2v) is 9.93. The molecule has 0 spiro atoms. The molecule has 36 heavy (non-hydrogen) atoms. The summed E-state index contributed by atoms with van der Waals surface area (Å²) in [6.45, 7) is 15.5. The van der Waals surface area contributed by atoms with Gasteiger partial charge in [0, 0.05) is 49.7 Å². The van der Waals surface area contributed by atoms with Crippen LogP contribution < -0.4 is 10.5 Å². The fraction of sp³-hybridized carbons (Fsp3) is 0.400. The van der Waals surface area contributed by atoms with Gasteiger partial charge in [0.1, 0.15) is 11.4 Å². The first-order valence-electron chi connectivity index (χ1n) is 13.0. The van der Waals surface area contributed by atoms with Crippen LogP contribution in [0.15, 0.2) is 73.1 Å². The molecule has 1 aliphatic rings. The molecule has 1 atom stereocenters. The summed E-state index contributed by atoms with van der Waals surface area (Å²) in [5, 5.41) is 5.02. The van der Waals surface area contributed by atoms with Crippen molar-refractivity contribution in [2.24, 2.45) is 17.6 Å². The minimum Gasteiger partial charge on any atom is -0.493 e. The Balaban J connectivity index is 1.53. The third kappa shape index (κ3) is 6.12. The van der Waals surface area contributed by atoms with Gasteiger partial charge in [-0.25, -0.2) is 0 Å². The maximum absolute atomic E-state index is 6.14. The van der Waals surface area contributed by atoms with E-state index in [1.165, 1.54) is 16.8 Å². The van der Waals surface area contributed by atoms with Gasteiger partial charge in [0.25, 0.3) is 0 Å². The van der Waals surface area contributed by atoms with Gasteiger partial charge in [-0.05, 0) is 48.1 Å². The van der Waals surface area contributed by atoms with Gasteiger partial charge in [0.15, 0.2) is 0 Å². The van der Waals surface area contributed by atoms with E-state index in [0.29, 0.717) is 25.0 Å². The van der Waals surface area contributed by atoms with Crippen molar-refractivity contribution in [3.8, 4) is 28.1 Å². The highest BCUT2D eigenvalue weighted by Crippen LogP contribution is 2.37. The van der Waals surface area contributed by atoms with Gasteiger partial charge in [0.05, 0.1) is 18.8 Å². The van der Waals surface area contributed by atoms with E-state index >= 15 is 0 Å². The number of hydrogen-bond donors (Lipinski definition) is 1. The van der Waals surface area contributed by atoms with Crippen molar-refractivity contribution in [2.45, 2.75) is 40.3 Å². The summed E-state index contributed by atoms with van der Waals surface area (Å²) >= 11 is 0. The average Bonchev–Trinajstić information content (AvgIpc) is 3.27. The van der Waals surface area contributed by atoms with Crippen LogP contribution in [0.2, 0.25) is 0 Å². The summed E-state index contributed by atoms with van der Waals surface area (Å²) in [6.07, 6.45) is 8.87. The lowest BCUT2D eigenvalue weighted by molar-refractivity contribution is 0.219. The molecule has 1 unspecified atom stereocenters. The molecule has 4 rings (SSSR count). The molecule has 1 aliphatic heterocycles. The SMILES string of the molecule is C=C/C(=C\CC(C)COc1ccc(-c2c(-c3ccncc3)nn3c2CN(CCN)CC3)cc1)C(C)C. The maximum atomic E-state index is 6.14. The number of benzene rings is 1. The van der Waals surface area contributed by atoms with Gasteiger partial charge in [0.2, 0.25) is 0 Å². The Labute approximate surface area is 215 Å². The Bertz CT molecular complexity index is 1160. The van der Waals surface area contributed by atoms with Crippen molar-refractivity contribution in [3.63, 3.8) is 0 Å². The normalized spacial score (nSPS) is 15.1. The van der Waals surface area contributed by atoms with E-state index in [9.17, 15) is 0 Å². The van der Waals surface area contributed by atoms with Crippen LogP contribution in [0, 0.1) is 11.8 Å². The van der Waals surface area contributed by atoms with Gasteiger partial charge >= 0.3 is 0 Å². The zero-order valence-corrected chi connectivity index (χ0v) is 21.9. The van der Waals surface area contributed by atoms with Crippen molar-refractivity contribution in [2.75, 3.05) is 26.2 Å². The maximum Gasteiger partial charge on any atom is 0.119 e. The number of allylic oxidation sites excluding steroid dienone is 3. The summed E-state index contributed by atoms with van der Waals surface area (Å²) in [6, 6.07) is 12.5. The minimum atomic E-state index is 0.424. The van der Waals surface area contributed by atoms with Crippen LogP contribution in [0.4, 0.5) is 0 Å². The highest BCUT2D eigenvalue weighted by Gasteiger charge is 2.25. The number of hydrogen-bond acceptors (Lipinski definition) is 5. The lowest BCUT2D eigenvalue weighted by Crippen LogP contribution is -2.37. The molecule has 0 fully saturated rings. The fourth-order valence-corrected chi connectivity index (χ4v) is 4.67. The largest absolute Gasteiger partial charge is 0.493 e. The number of pyridine rings is 1.